The van der Waals surface area contributed by atoms with E-state index in [1.165, 1.54) is 5.56 Å². The summed E-state index contributed by atoms with van der Waals surface area (Å²) in [5.74, 6) is 2.22. The fourth-order valence-electron chi connectivity index (χ4n) is 2.16. The van der Waals surface area contributed by atoms with E-state index >= 15 is 0 Å². The molecule has 134 valence electrons. The second kappa shape index (κ2) is 9.20. The Morgan fingerprint density at radius 3 is 2.62 bits per heavy atom. The summed E-state index contributed by atoms with van der Waals surface area (Å²) in [5.41, 5.74) is 2.24. The van der Waals surface area contributed by atoms with Crippen LogP contribution >= 0.6 is 11.8 Å². The second-order valence-electron chi connectivity index (χ2n) is 6.25. The predicted octanol–water partition coefficient (Wildman–Crippen LogP) is 4.49. The van der Waals surface area contributed by atoms with Crippen LogP contribution in [0, 0.1) is 5.92 Å². The van der Waals surface area contributed by atoms with Crippen molar-refractivity contribution in [1.82, 2.24) is 14.9 Å². The van der Waals surface area contributed by atoms with Gasteiger partial charge in [-0.15, -0.1) is 10.2 Å². The van der Waals surface area contributed by atoms with E-state index in [1.807, 2.05) is 42.5 Å². The molecule has 6 heteroatoms. The van der Waals surface area contributed by atoms with Crippen LogP contribution in [0.2, 0.25) is 0 Å². The lowest BCUT2D eigenvalue weighted by Crippen LogP contribution is -2.04. The van der Waals surface area contributed by atoms with Crippen LogP contribution in [0.5, 0.6) is 5.75 Å². The van der Waals surface area contributed by atoms with Gasteiger partial charge in [-0.25, -0.2) is 0 Å². The Hall–Kier alpha value is -2.60. The highest BCUT2D eigenvalue weighted by atomic mass is 32.2. The number of hydrogen-bond donors (Lipinski definition) is 0. The fourth-order valence-corrected chi connectivity index (χ4v) is 2.98. The summed E-state index contributed by atoms with van der Waals surface area (Å²) in [6.07, 6.45) is 3.41. The Morgan fingerprint density at radius 1 is 1.12 bits per heavy atom. The summed E-state index contributed by atoms with van der Waals surface area (Å²) < 4.78 is 7.38. The molecule has 3 aromatic rings. The lowest BCUT2D eigenvalue weighted by Gasteiger charge is -2.08. The molecule has 1 heterocycles. The third-order valence-corrected chi connectivity index (χ3v) is 4.51. The Labute approximate surface area is 158 Å². The van der Waals surface area contributed by atoms with E-state index in [2.05, 4.69) is 41.3 Å². The first-order chi connectivity index (χ1) is 12.7. The lowest BCUT2D eigenvalue weighted by molar-refractivity contribution is 0.271. The maximum absolute atomic E-state index is 5.69. The maximum atomic E-state index is 5.69. The van der Waals surface area contributed by atoms with E-state index in [1.54, 1.807) is 29.0 Å². The topological polar surface area (TPSA) is 52.3 Å². The van der Waals surface area contributed by atoms with Crippen molar-refractivity contribution < 1.29 is 4.74 Å². The molecular weight excluding hydrogens is 344 g/mol. The van der Waals surface area contributed by atoms with E-state index in [0.717, 1.165) is 28.8 Å². The van der Waals surface area contributed by atoms with Gasteiger partial charge in [-0.05, 0) is 41.3 Å². The third kappa shape index (κ3) is 5.46. The van der Waals surface area contributed by atoms with Gasteiger partial charge in [0.15, 0.2) is 0 Å². The zero-order chi connectivity index (χ0) is 18.2. The van der Waals surface area contributed by atoms with E-state index in [0.29, 0.717) is 5.92 Å². The van der Waals surface area contributed by atoms with Crippen molar-refractivity contribution in [1.29, 1.82) is 0 Å². The molecule has 0 bridgehead atoms. The number of nitrogens with zero attached hydrogens (tertiary/aromatic N) is 4. The second-order valence-corrected chi connectivity index (χ2v) is 7.19. The molecular formula is C20H22N4OS. The highest BCUT2D eigenvalue weighted by Crippen LogP contribution is 2.20. The minimum atomic E-state index is 0.511. The van der Waals surface area contributed by atoms with Gasteiger partial charge < -0.3 is 4.74 Å². The van der Waals surface area contributed by atoms with Crippen molar-refractivity contribution in [3.8, 4) is 5.75 Å². The van der Waals surface area contributed by atoms with Crippen LogP contribution in [-0.2, 0) is 5.75 Å². The minimum absolute atomic E-state index is 0.511. The van der Waals surface area contributed by atoms with E-state index in [4.69, 9.17) is 4.74 Å². The van der Waals surface area contributed by atoms with Crippen LogP contribution < -0.4 is 4.74 Å². The van der Waals surface area contributed by atoms with Crippen LogP contribution in [0.25, 0.3) is 0 Å². The van der Waals surface area contributed by atoms with Crippen molar-refractivity contribution in [2.24, 2.45) is 11.0 Å². The average Bonchev–Trinajstić information content (AvgIpc) is 3.12. The molecule has 0 aliphatic carbocycles. The Morgan fingerprint density at radius 2 is 1.88 bits per heavy atom. The highest BCUT2D eigenvalue weighted by molar-refractivity contribution is 7.98. The minimum Gasteiger partial charge on any atom is -0.493 e. The molecule has 0 N–H and O–H groups in total. The van der Waals surface area contributed by atoms with E-state index in [9.17, 15) is 0 Å². The van der Waals surface area contributed by atoms with Gasteiger partial charge in [0.1, 0.15) is 12.1 Å². The molecule has 0 amide bonds. The highest BCUT2D eigenvalue weighted by Gasteiger charge is 2.04. The number of aromatic nitrogens is 3. The van der Waals surface area contributed by atoms with Gasteiger partial charge >= 0.3 is 0 Å². The largest absolute Gasteiger partial charge is 0.493 e. The quantitative estimate of drug-likeness (QED) is 0.435. The molecule has 0 radical (unpaired) electrons. The maximum Gasteiger partial charge on any atom is 0.212 e. The fraction of sp³-hybridized carbons (Fsp3) is 0.250. The van der Waals surface area contributed by atoms with Gasteiger partial charge in [-0.2, -0.15) is 9.78 Å². The van der Waals surface area contributed by atoms with Crippen LogP contribution in [0.4, 0.5) is 0 Å². The van der Waals surface area contributed by atoms with Crippen molar-refractivity contribution in [2.75, 3.05) is 6.61 Å². The van der Waals surface area contributed by atoms with Crippen molar-refractivity contribution in [3.05, 3.63) is 72.1 Å². The molecule has 0 atom stereocenters. The van der Waals surface area contributed by atoms with Crippen molar-refractivity contribution in [3.63, 3.8) is 0 Å². The van der Waals surface area contributed by atoms with E-state index < -0.39 is 0 Å². The lowest BCUT2D eigenvalue weighted by atomic mass is 10.2. The zero-order valence-corrected chi connectivity index (χ0v) is 15.8. The summed E-state index contributed by atoms with van der Waals surface area (Å²) in [6, 6.07) is 18.2. The van der Waals surface area contributed by atoms with Gasteiger partial charge in [0.25, 0.3) is 0 Å². The van der Waals surface area contributed by atoms with Gasteiger partial charge in [0, 0.05) is 5.75 Å². The smallest absolute Gasteiger partial charge is 0.212 e. The summed E-state index contributed by atoms with van der Waals surface area (Å²) in [4.78, 5) is 0. The third-order valence-electron chi connectivity index (χ3n) is 3.51. The molecule has 26 heavy (non-hydrogen) atoms. The van der Waals surface area contributed by atoms with E-state index in [-0.39, 0.29) is 0 Å². The molecule has 0 saturated heterocycles. The Kier molecular flexibility index (Phi) is 6.44. The summed E-state index contributed by atoms with van der Waals surface area (Å²) in [6.45, 7) is 4.98. The number of benzene rings is 2. The van der Waals surface area contributed by atoms with Crippen LogP contribution in [0.1, 0.15) is 25.0 Å². The average molecular weight is 366 g/mol. The molecule has 5 nitrogen and oxygen atoms in total. The predicted molar refractivity (Wildman–Crippen MR) is 106 cm³/mol. The van der Waals surface area contributed by atoms with Crippen molar-refractivity contribution in [2.45, 2.75) is 24.8 Å². The molecule has 0 unspecified atom stereocenters. The molecule has 3 rings (SSSR count). The molecule has 0 spiro atoms. The van der Waals surface area contributed by atoms with Crippen LogP contribution in [0.3, 0.4) is 0 Å². The van der Waals surface area contributed by atoms with Crippen LogP contribution in [0.15, 0.2) is 71.2 Å². The monoisotopic (exact) mass is 366 g/mol. The summed E-state index contributed by atoms with van der Waals surface area (Å²) >= 11 is 1.61. The Bertz CT molecular complexity index is 829. The summed E-state index contributed by atoms with van der Waals surface area (Å²) in [7, 11) is 0. The normalized spacial score (nSPS) is 11.3. The van der Waals surface area contributed by atoms with Gasteiger partial charge in [0.05, 0.1) is 12.8 Å². The molecule has 2 aromatic carbocycles. The van der Waals surface area contributed by atoms with Gasteiger partial charge in [-0.1, -0.05) is 55.9 Å². The Balaban J connectivity index is 1.59. The molecule has 0 fully saturated rings. The summed E-state index contributed by atoms with van der Waals surface area (Å²) in [5, 5.41) is 13.3. The molecule has 0 saturated carbocycles. The standard InChI is InChI=1S/C20H22N4OS/c1-16(2)13-25-19-10-8-17(9-11-19)12-22-24-15-21-23-20(24)26-14-18-6-4-3-5-7-18/h3-12,15-16H,13-14H2,1-2H3/b22-12+. The first kappa shape index (κ1) is 18.2. The number of thioether (sulfide) groups is 1. The first-order valence-electron chi connectivity index (χ1n) is 8.54. The van der Waals surface area contributed by atoms with Gasteiger partial charge in [-0.3, -0.25) is 0 Å². The number of rotatable bonds is 8. The van der Waals surface area contributed by atoms with Gasteiger partial charge in [0.2, 0.25) is 5.16 Å². The number of ether oxygens (including phenoxy) is 1. The zero-order valence-electron chi connectivity index (χ0n) is 14.9. The first-order valence-corrected chi connectivity index (χ1v) is 9.53. The van der Waals surface area contributed by atoms with Crippen molar-refractivity contribution >= 4 is 18.0 Å². The molecule has 0 aliphatic rings. The van der Waals surface area contributed by atoms with Crippen LogP contribution in [-0.4, -0.2) is 27.7 Å². The molecule has 0 aliphatic heterocycles. The number of hydrogen-bond acceptors (Lipinski definition) is 5. The SMILES string of the molecule is CC(C)COc1ccc(/C=N/n2cnnc2SCc2ccccc2)cc1. The molecule has 1 aromatic heterocycles.